The number of aromatic nitrogens is 1. The Labute approximate surface area is 123 Å². The van der Waals surface area contributed by atoms with Crippen LogP contribution in [0.2, 0.25) is 0 Å². The van der Waals surface area contributed by atoms with Crippen molar-refractivity contribution in [3.63, 3.8) is 0 Å². The highest BCUT2D eigenvalue weighted by Gasteiger charge is 2.46. The van der Waals surface area contributed by atoms with Crippen molar-refractivity contribution in [2.75, 3.05) is 0 Å². The molecule has 0 bridgehead atoms. The summed E-state index contributed by atoms with van der Waals surface area (Å²) in [5.74, 6) is 1.17. The Morgan fingerprint density at radius 1 is 1.30 bits per heavy atom. The van der Waals surface area contributed by atoms with Gasteiger partial charge in [0.2, 0.25) is 0 Å². The Hall–Kier alpha value is -0.890. The first-order valence-electron chi connectivity index (χ1n) is 8.12. The SMILES string of the molecule is CC1CC(C)(C)CC(N)(C2CCCc3cccnc32)C1. The molecule has 1 saturated carbocycles. The van der Waals surface area contributed by atoms with Crippen LogP contribution in [-0.2, 0) is 6.42 Å². The summed E-state index contributed by atoms with van der Waals surface area (Å²) in [6.45, 7) is 7.13. The summed E-state index contributed by atoms with van der Waals surface area (Å²) < 4.78 is 0. The number of rotatable bonds is 1. The van der Waals surface area contributed by atoms with E-state index in [0.717, 1.165) is 18.8 Å². The summed E-state index contributed by atoms with van der Waals surface area (Å²) >= 11 is 0. The first-order chi connectivity index (χ1) is 9.40. The number of hydrogen-bond donors (Lipinski definition) is 1. The third-order valence-electron chi connectivity index (χ3n) is 5.33. The third-order valence-corrected chi connectivity index (χ3v) is 5.33. The molecule has 20 heavy (non-hydrogen) atoms. The summed E-state index contributed by atoms with van der Waals surface area (Å²) in [6.07, 6.45) is 9.17. The molecule has 2 heteroatoms. The van der Waals surface area contributed by atoms with Gasteiger partial charge in [-0.15, -0.1) is 0 Å². The van der Waals surface area contributed by atoms with Gasteiger partial charge >= 0.3 is 0 Å². The Morgan fingerprint density at radius 2 is 2.10 bits per heavy atom. The lowest BCUT2D eigenvalue weighted by atomic mass is 9.58. The van der Waals surface area contributed by atoms with E-state index in [0.29, 0.717) is 11.3 Å². The van der Waals surface area contributed by atoms with E-state index in [4.69, 9.17) is 10.7 Å². The van der Waals surface area contributed by atoms with E-state index >= 15 is 0 Å². The molecular formula is C18H28N2. The Morgan fingerprint density at radius 3 is 2.85 bits per heavy atom. The van der Waals surface area contributed by atoms with E-state index in [1.807, 2.05) is 6.20 Å². The van der Waals surface area contributed by atoms with Crippen molar-refractivity contribution < 1.29 is 0 Å². The summed E-state index contributed by atoms with van der Waals surface area (Å²) in [5, 5.41) is 0. The smallest absolute Gasteiger partial charge is 0.0484 e. The molecular weight excluding hydrogens is 244 g/mol. The highest BCUT2D eigenvalue weighted by Crippen LogP contribution is 2.50. The lowest BCUT2D eigenvalue weighted by Crippen LogP contribution is -2.54. The molecule has 2 aliphatic carbocycles. The molecule has 0 aromatic carbocycles. The minimum atomic E-state index is -0.0648. The summed E-state index contributed by atoms with van der Waals surface area (Å²) in [7, 11) is 0. The van der Waals surface area contributed by atoms with Crippen LogP contribution in [0.3, 0.4) is 0 Å². The van der Waals surface area contributed by atoms with Crippen LogP contribution in [0.25, 0.3) is 0 Å². The molecule has 0 amide bonds. The number of hydrogen-bond acceptors (Lipinski definition) is 2. The fraction of sp³-hybridized carbons (Fsp3) is 0.722. The van der Waals surface area contributed by atoms with Crippen molar-refractivity contribution >= 4 is 0 Å². The lowest BCUT2D eigenvalue weighted by Gasteiger charge is -2.50. The van der Waals surface area contributed by atoms with Crippen LogP contribution < -0.4 is 5.73 Å². The van der Waals surface area contributed by atoms with Crippen LogP contribution in [0.15, 0.2) is 18.3 Å². The van der Waals surface area contributed by atoms with Crippen LogP contribution in [0, 0.1) is 11.3 Å². The molecule has 0 radical (unpaired) electrons. The minimum absolute atomic E-state index is 0.0648. The van der Waals surface area contributed by atoms with Gasteiger partial charge in [0.15, 0.2) is 0 Å². The molecule has 1 aromatic heterocycles. The molecule has 3 rings (SSSR count). The third kappa shape index (κ3) is 2.50. The van der Waals surface area contributed by atoms with Gasteiger partial charge in [0.1, 0.15) is 0 Å². The second kappa shape index (κ2) is 4.84. The van der Waals surface area contributed by atoms with Gasteiger partial charge < -0.3 is 5.73 Å². The first kappa shape index (κ1) is 14.1. The molecule has 0 spiro atoms. The van der Waals surface area contributed by atoms with Crippen LogP contribution in [0.4, 0.5) is 0 Å². The fourth-order valence-electron chi connectivity index (χ4n) is 5.13. The summed E-state index contributed by atoms with van der Waals surface area (Å²) in [5.41, 5.74) is 10.0. The van der Waals surface area contributed by atoms with Gasteiger partial charge in [-0.3, -0.25) is 4.98 Å². The number of aryl methyl sites for hydroxylation is 1. The minimum Gasteiger partial charge on any atom is -0.324 e. The first-order valence-corrected chi connectivity index (χ1v) is 8.12. The van der Waals surface area contributed by atoms with Crippen molar-refractivity contribution in [1.29, 1.82) is 0 Å². The molecule has 110 valence electrons. The largest absolute Gasteiger partial charge is 0.324 e. The van der Waals surface area contributed by atoms with Crippen LogP contribution >= 0.6 is 0 Å². The normalized spacial score (nSPS) is 36.4. The maximum atomic E-state index is 6.97. The van der Waals surface area contributed by atoms with Crippen molar-refractivity contribution in [3.8, 4) is 0 Å². The highest BCUT2D eigenvalue weighted by atomic mass is 14.8. The summed E-state index contributed by atoms with van der Waals surface area (Å²) in [6, 6.07) is 4.31. The topological polar surface area (TPSA) is 38.9 Å². The van der Waals surface area contributed by atoms with E-state index in [2.05, 4.69) is 32.9 Å². The predicted octanol–water partition coefficient (Wildman–Crippen LogP) is 4.05. The molecule has 1 aromatic rings. The van der Waals surface area contributed by atoms with Crippen LogP contribution in [-0.4, -0.2) is 10.5 Å². The number of nitrogens with zero attached hydrogens (tertiary/aromatic N) is 1. The van der Waals surface area contributed by atoms with Crippen molar-refractivity contribution in [3.05, 3.63) is 29.6 Å². The van der Waals surface area contributed by atoms with E-state index in [1.165, 1.54) is 36.9 Å². The van der Waals surface area contributed by atoms with Crippen molar-refractivity contribution in [2.24, 2.45) is 17.1 Å². The molecule has 2 N–H and O–H groups in total. The fourth-order valence-corrected chi connectivity index (χ4v) is 5.13. The highest BCUT2D eigenvalue weighted by molar-refractivity contribution is 5.30. The van der Waals surface area contributed by atoms with Gasteiger partial charge in [0, 0.05) is 23.3 Å². The maximum Gasteiger partial charge on any atom is 0.0484 e. The molecule has 0 aliphatic heterocycles. The molecule has 1 fully saturated rings. The van der Waals surface area contributed by atoms with Gasteiger partial charge in [-0.05, 0) is 61.5 Å². The number of nitrogens with two attached hydrogens (primary N) is 1. The standard InChI is InChI=1S/C18H28N2/c1-13-10-17(2,3)12-18(19,11-13)15-8-4-6-14-7-5-9-20-16(14)15/h5,7,9,13,15H,4,6,8,10-12,19H2,1-3H3. The van der Waals surface area contributed by atoms with Crippen LogP contribution in [0.5, 0.6) is 0 Å². The Bertz CT molecular complexity index is 494. The van der Waals surface area contributed by atoms with Crippen LogP contribution in [0.1, 0.15) is 70.1 Å². The average Bonchev–Trinajstić information content (AvgIpc) is 2.35. The van der Waals surface area contributed by atoms with E-state index in [9.17, 15) is 0 Å². The van der Waals surface area contributed by atoms with Gasteiger partial charge in [-0.1, -0.05) is 26.8 Å². The Kier molecular flexibility index (Phi) is 3.40. The zero-order chi connectivity index (χ0) is 14.4. The predicted molar refractivity (Wildman–Crippen MR) is 83.6 cm³/mol. The average molecular weight is 272 g/mol. The number of pyridine rings is 1. The molecule has 2 nitrogen and oxygen atoms in total. The van der Waals surface area contributed by atoms with Crippen molar-refractivity contribution in [2.45, 2.75) is 70.8 Å². The maximum absolute atomic E-state index is 6.97. The molecule has 3 unspecified atom stereocenters. The molecule has 3 atom stereocenters. The zero-order valence-corrected chi connectivity index (χ0v) is 13.2. The lowest BCUT2D eigenvalue weighted by molar-refractivity contribution is 0.0832. The quantitative estimate of drug-likeness (QED) is 0.837. The van der Waals surface area contributed by atoms with E-state index in [1.54, 1.807) is 0 Å². The molecule has 1 heterocycles. The Balaban J connectivity index is 1.96. The second-order valence-electron chi connectivity index (χ2n) is 8.08. The van der Waals surface area contributed by atoms with Gasteiger partial charge in [-0.25, -0.2) is 0 Å². The monoisotopic (exact) mass is 272 g/mol. The van der Waals surface area contributed by atoms with E-state index in [-0.39, 0.29) is 5.54 Å². The summed E-state index contributed by atoms with van der Waals surface area (Å²) in [4.78, 5) is 4.71. The molecule has 2 aliphatic rings. The number of fused-ring (bicyclic) bond motifs is 1. The van der Waals surface area contributed by atoms with Gasteiger partial charge in [0.25, 0.3) is 0 Å². The molecule has 0 saturated heterocycles. The van der Waals surface area contributed by atoms with Crippen molar-refractivity contribution in [1.82, 2.24) is 4.98 Å². The van der Waals surface area contributed by atoms with Gasteiger partial charge in [-0.2, -0.15) is 0 Å². The van der Waals surface area contributed by atoms with E-state index < -0.39 is 0 Å². The van der Waals surface area contributed by atoms with Gasteiger partial charge in [0.05, 0.1) is 0 Å². The second-order valence-corrected chi connectivity index (χ2v) is 8.08. The zero-order valence-electron chi connectivity index (χ0n) is 13.2.